The summed E-state index contributed by atoms with van der Waals surface area (Å²) in [5.74, 6) is 1.72. The Labute approximate surface area is 194 Å². The van der Waals surface area contributed by atoms with E-state index < -0.39 is 4.87 Å². The molecule has 3 aromatic rings. The monoisotopic (exact) mass is 442 g/mol. The average Bonchev–Trinajstić information content (AvgIpc) is 3.01. The second kappa shape index (κ2) is 7.35. The number of nitrogens with zero attached hydrogens (tertiary/aromatic N) is 4. The molecule has 0 N–H and O–H groups in total. The molecule has 0 spiro atoms. The molecule has 2 aromatic carbocycles. The van der Waals surface area contributed by atoms with Crippen LogP contribution in [0, 0.1) is 5.41 Å². The lowest BCUT2D eigenvalue weighted by Gasteiger charge is -2.48. The predicted molar refractivity (Wildman–Crippen MR) is 131 cm³/mol. The number of alkyl halides is 1. The fourth-order valence-electron chi connectivity index (χ4n) is 5.83. The van der Waals surface area contributed by atoms with Gasteiger partial charge in [-0.3, -0.25) is 9.80 Å². The molecule has 7 rings (SSSR count). The second-order valence-electron chi connectivity index (χ2n) is 9.27. The molecule has 3 aliphatic carbocycles. The zero-order valence-electron chi connectivity index (χ0n) is 18.3. The number of anilines is 4. The molecule has 2 unspecified atom stereocenters. The highest BCUT2D eigenvalue weighted by Crippen LogP contribution is 2.61. The van der Waals surface area contributed by atoms with E-state index in [2.05, 4.69) is 71.3 Å². The molecule has 2 bridgehead atoms. The smallest absolute Gasteiger partial charge is 0.178 e. The Morgan fingerprint density at radius 2 is 1.41 bits per heavy atom. The molecule has 2 atom stereocenters. The topological polar surface area (TPSA) is 32.3 Å². The molecule has 0 saturated heterocycles. The summed E-state index contributed by atoms with van der Waals surface area (Å²) in [7, 11) is 0. The predicted octanol–water partition coefficient (Wildman–Crippen LogP) is 6.98. The van der Waals surface area contributed by atoms with Crippen molar-refractivity contribution in [1.29, 1.82) is 0 Å². The molecular weight excluding hydrogens is 416 g/mol. The Morgan fingerprint density at radius 1 is 0.875 bits per heavy atom. The Balaban J connectivity index is 1.58. The van der Waals surface area contributed by atoms with Crippen LogP contribution in [0.5, 0.6) is 0 Å². The molecule has 4 aliphatic rings. The van der Waals surface area contributed by atoms with Crippen molar-refractivity contribution in [3.05, 3.63) is 84.7 Å². The van der Waals surface area contributed by atoms with Crippen LogP contribution in [0.15, 0.2) is 84.7 Å². The number of para-hydroxylation sites is 2. The van der Waals surface area contributed by atoms with Crippen molar-refractivity contribution in [3.8, 4) is 0 Å². The first-order valence-corrected chi connectivity index (χ1v) is 11.9. The summed E-state index contributed by atoms with van der Waals surface area (Å²) in [6.07, 6.45) is 11.4. The number of allylic oxidation sites excluding steroid dienone is 1. The van der Waals surface area contributed by atoms with Crippen LogP contribution >= 0.6 is 11.6 Å². The van der Waals surface area contributed by atoms with Crippen molar-refractivity contribution in [2.75, 3.05) is 9.80 Å². The number of hydrogen-bond donors (Lipinski definition) is 0. The fraction of sp³-hybridized carbons (Fsp3) is 0.333. The van der Waals surface area contributed by atoms with Gasteiger partial charge in [0.15, 0.2) is 11.6 Å². The number of hydrogen-bond acceptors (Lipinski definition) is 4. The fourth-order valence-corrected chi connectivity index (χ4v) is 6.28. The Bertz CT molecular complexity index is 1100. The van der Waals surface area contributed by atoms with Crippen molar-refractivity contribution in [1.82, 2.24) is 9.97 Å². The lowest BCUT2D eigenvalue weighted by Crippen LogP contribution is -2.55. The molecule has 1 aliphatic heterocycles. The summed E-state index contributed by atoms with van der Waals surface area (Å²) in [6.45, 7) is 2.31. The van der Waals surface area contributed by atoms with Crippen LogP contribution in [-0.2, 0) is 0 Å². The minimum Gasteiger partial charge on any atom is -0.300 e. The normalized spacial score (nSPS) is 26.9. The average molecular weight is 443 g/mol. The van der Waals surface area contributed by atoms with Crippen LogP contribution in [0.3, 0.4) is 0 Å². The minimum atomic E-state index is -0.525. The van der Waals surface area contributed by atoms with E-state index in [4.69, 9.17) is 21.6 Å². The number of benzene rings is 2. The standard InChI is InChI=1S/C27H27ClN4/c1-2-26-14-9-15-27(28,20(18-26)19-26)25-31(21-10-5-3-6-11-21)23-24(30-17-16-29-23)32(25)22-12-7-4-8-13-22/h3-8,10-13,16-18,25H,2,9,14-15,19H2,1H3. The minimum absolute atomic E-state index is 0.148. The largest absolute Gasteiger partial charge is 0.300 e. The first-order valence-electron chi connectivity index (χ1n) is 11.6. The number of fused-ring (bicyclic) bond motifs is 4. The zero-order valence-corrected chi connectivity index (χ0v) is 19.0. The number of aromatic nitrogens is 2. The molecule has 0 radical (unpaired) electrons. The van der Waals surface area contributed by atoms with E-state index in [0.29, 0.717) is 5.41 Å². The molecule has 2 heterocycles. The van der Waals surface area contributed by atoms with E-state index in [1.807, 2.05) is 12.1 Å². The third-order valence-electron chi connectivity index (χ3n) is 7.56. The van der Waals surface area contributed by atoms with Gasteiger partial charge in [-0.2, -0.15) is 0 Å². The SMILES string of the molecule is CCC12C=C(C1)C(Cl)(C1N(c3ccccc3)c3nccnc3N1c1ccccc1)CCC2. The van der Waals surface area contributed by atoms with Gasteiger partial charge in [-0.25, -0.2) is 9.97 Å². The van der Waals surface area contributed by atoms with Gasteiger partial charge in [0.1, 0.15) is 11.0 Å². The van der Waals surface area contributed by atoms with Crippen molar-refractivity contribution >= 4 is 34.6 Å². The summed E-state index contributed by atoms with van der Waals surface area (Å²) in [4.78, 5) is 13.7. The van der Waals surface area contributed by atoms with Crippen LogP contribution in [0.4, 0.5) is 23.0 Å². The Morgan fingerprint density at radius 3 is 1.91 bits per heavy atom. The van der Waals surface area contributed by atoms with E-state index in [9.17, 15) is 0 Å². The van der Waals surface area contributed by atoms with Crippen LogP contribution in [0.1, 0.15) is 39.0 Å². The Hall–Kier alpha value is -2.85. The van der Waals surface area contributed by atoms with Gasteiger partial charge in [-0.1, -0.05) is 55.8 Å². The molecular formula is C27H27ClN4. The summed E-state index contributed by atoms with van der Waals surface area (Å²) in [5.41, 5.74) is 3.88. The van der Waals surface area contributed by atoms with E-state index in [-0.39, 0.29) is 6.17 Å². The first kappa shape index (κ1) is 19.8. The molecule has 5 heteroatoms. The van der Waals surface area contributed by atoms with Gasteiger partial charge in [-0.05, 0) is 60.9 Å². The van der Waals surface area contributed by atoms with Gasteiger partial charge in [-0.15, -0.1) is 11.6 Å². The van der Waals surface area contributed by atoms with E-state index in [0.717, 1.165) is 42.3 Å². The van der Waals surface area contributed by atoms with Crippen molar-refractivity contribution in [2.45, 2.75) is 50.1 Å². The molecule has 162 valence electrons. The quantitative estimate of drug-likeness (QED) is 0.322. The van der Waals surface area contributed by atoms with Gasteiger partial charge in [0.2, 0.25) is 0 Å². The van der Waals surface area contributed by atoms with E-state index in [1.54, 1.807) is 12.4 Å². The molecule has 32 heavy (non-hydrogen) atoms. The van der Waals surface area contributed by atoms with Gasteiger partial charge in [0, 0.05) is 23.8 Å². The van der Waals surface area contributed by atoms with E-state index >= 15 is 0 Å². The second-order valence-corrected chi connectivity index (χ2v) is 9.94. The van der Waals surface area contributed by atoms with Gasteiger partial charge in [0.25, 0.3) is 0 Å². The highest BCUT2D eigenvalue weighted by molar-refractivity contribution is 6.27. The van der Waals surface area contributed by atoms with Gasteiger partial charge < -0.3 is 0 Å². The van der Waals surface area contributed by atoms with Gasteiger partial charge >= 0.3 is 0 Å². The maximum Gasteiger partial charge on any atom is 0.178 e. The lowest BCUT2D eigenvalue weighted by atomic mass is 9.65. The molecule has 1 aromatic heterocycles. The number of rotatable bonds is 4. The summed E-state index contributed by atoms with van der Waals surface area (Å²) in [5, 5.41) is 0. The lowest BCUT2D eigenvalue weighted by molar-refractivity contribution is 0.298. The highest BCUT2D eigenvalue weighted by Gasteiger charge is 2.57. The highest BCUT2D eigenvalue weighted by atomic mass is 35.5. The Kier molecular flexibility index (Phi) is 4.55. The molecule has 1 fully saturated rings. The summed E-state index contributed by atoms with van der Waals surface area (Å²) >= 11 is 7.77. The molecule has 0 amide bonds. The van der Waals surface area contributed by atoms with Gasteiger partial charge in [0.05, 0.1) is 0 Å². The van der Waals surface area contributed by atoms with Crippen molar-refractivity contribution in [2.24, 2.45) is 5.41 Å². The summed E-state index contributed by atoms with van der Waals surface area (Å²) in [6, 6.07) is 21.0. The first-order chi connectivity index (χ1) is 15.7. The maximum absolute atomic E-state index is 7.77. The third-order valence-corrected chi connectivity index (χ3v) is 8.19. The van der Waals surface area contributed by atoms with Crippen molar-refractivity contribution in [3.63, 3.8) is 0 Å². The van der Waals surface area contributed by atoms with Crippen LogP contribution in [0.2, 0.25) is 0 Å². The van der Waals surface area contributed by atoms with Crippen LogP contribution in [-0.4, -0.2) is 21.0 Å². The van der Waals surface area contributed by atoms with Crippen LogP contribution < -0.4 is 9.80 Å². The third kappa shape index (κ3) is 2.82. The molecule has 4 nitrogen and oxygen atoms in total. The molecule has 1 saturated carbocycles. The van der Waals surface area contributed by atoms with Crippen LogP contribution in [0.25, 0.3) is 0 Å². The van der Waals surface area contributed by atoms with Crippen molar-refractivity contribution < 1.29 is 0 Å². The maximum atomic E-state index is 7.77. The van der Waals surface area contributed by atoms with E-state index in [1.165, 1.54) is 18.4 Å². The summed E-state index contributed by atoms with van der Waals surface area (Å²) < 4.78 is 0. The number of halogens is 1. The zero-order chi connectivity index (χ0) is 21.8.